The zero-order valence-corrected chi connectivity index (χ0v) is 10.5. The topological polar surface area (TPSA) is 21.3 Å². The molecule has 0 spiro atoms. The number of nitrogens with one attached hydrogen (secondary N) is 1. The summed E-state index contributed by atoms with van der Waals surface area (Å²) < 4.78 is 5.91. The number of halogens is 1. The van der Waals surface area contributed by atoms with Gasteiger partial charge in [-0.15, -0.1) is 0 Å². The summed E-state index contributed by atoms with van der Waals surface area (Å²) in [5.74, 6) is 0.553. The normalized spacial score (nSPS) is 31.1. The van der Waals surface area contributed by atoms with Crippen LogP contribution in [0.2, 0.25) is 5.02 Å². The van der Waals surface area contributed by atoms with Crippen LogP contribution >= 0.6 is 11.6 Å². The second-order valence-corrected chi connectivity index (χ2v) is 4.98. The number of ether oxygens (including phenoxy) is 1. The van der Waals surface area contributed by atoms with Gasteiger partial charge in [0.05, 0.1) is 12.7 Å². The van der Waals surface area contributed by atoms with Gasteiger partial charge in [0.15, 0.2) is 0 Å². The van der Waals surface area contributed by atoms with E-state index in [4.69, 9.17) is 16.3 Å². The number of hydrogen-bond acceptors (Lipinski definition) is 2. The van der Waals surface area contributed by atoms with Crippen molar-refractivity contribution in [1.82, 2.24) is 5.32 Å². The van der Waals surface area contributed by atoms with Crippen molar-refractivity contribution in [3.63, 3.8) is 0 Å². The molecule has 0 bridgehead atoms. The number of benzene rings is 1. The maximum atomic E-state index is 5.91. The summed E-state index contributed by atoms with van der Waals surface area (Å²) in [6.07, 6.45) is 0.143. The molecule has 0 amide bonds. The molecule has 1 aliphatic heterocycles. The molecule has 1 N–H and O–H groups in total. The number of hydrogen-bond donors (Lipinski definition) is 1. The van der Waals surface area contributed by atoms with E-state index in [0.29, 0.717) is 12.0 Å². The van der Waals surface area contributed by atoms with Gasteiger partial charge in [-0.2, -0.15) is 0 Å². The Labute approximate surface area is 102 Å². The molecule has 3 heteroatoms. The molecule has 0 saturated carbocycles. The van der Waals surface area contributed by atoms with Crippen LogP contribution in [0, 0.1) is 5.92 Å². The summed E-state index contributed by atoms with van der Waals surface area (Å²) in [5, 5.41) is 4.27. The van der Waals surface area contributed by atoms with E-state index < -0.39 is 0 Å². The van der Waals surface area contributed by atoms with Crippen molar-refractivity contribution < 1.29 is 4.74 Å². The summed E-state index contributed by atoms with van der Waals surface area (Å²) in [6, 6.07) is 8.41. The highest BCUT2D eigenvalue weighted by Gasteiger charge is 2.22. The molecular weight excluding hydrogens is 222 g/mol. The van der Waals surface area contributed by atoms with Crippen LogP contribution in [0.1, 0.15) is 25.5 Å². The van der Waals surface area contributed by atoms with E-state index in [1.807, 2.05) is 24.3 Å². The molecule has 0 aromatic heterocycles. The number of rotatable bonds is 1. The highest BCUT2D eigenvalue weighted by atomic mass is 35.5. The van der Waals surface area contributed by atoms with Gasteiger partial charge in [0.1, 0.15) is 0 Å². The van der Waals surface area contributed by atoms with Gasteiger partial charge >= 0.3 is 0 Å². The lowest BCUT2D eigenvalue weighted by molar-refractivity contribution is 0.0496. The third kappa shape index (κ3) is 2.76. The lowest BCUT2D eigenvalue weighted by atomic mass is 10.1. The molecule has 2 rings (SSSR count). The van der Waals surface area contributed by atoms with Gasteiger partial charge in [-0.3, -0.25) is 0 Å². The van der Waals surface area contributed by atoms with Crippen molar-refractivity contribution in [3.8, 4) is 0 Å². The van der Waals surface area contributed by atoms with E-state index >= 15 is 0 Å². The first-order valence-electron chi connectivity index (χ1n) is 5.77. The molecule has 3 unspecified atom stereocenters. The van der Waals surface area contributed by atoms with Gasteiger partial charge in [0.2, 0.25) is 0 Å². The SMILES string of the molecule is CC1COC(c2ccc(Cl)cc2)CNC1C. The second-order valence-electron chi connectivity index (χ2n) is 4.55. The lowest BCUT2D eigenvalue weighted by Crippen LogP contribution is -2.32. The molecule has 1 fully saturated rings. The zero-order chi connectivity index (χ0) is 11.5. The molecule has 2 nitrogen and oxygen atoms in total. The van der Waals surface area contributed by atoms with Gasteiger partial charge < -0.3 is 10.1 Å². The molecule has 3 atom stereocenters. The minimum atomic E-state index is 0.143. The quantitative estimate of drug-likeness (QED) is 0.814. The molecule has 0 radical (unpaired) electrons. The smallest absolute Gasteiger partial charge is 0.0949 e. The molecule has 1 saturated heterocycles. The fraction of sp³-hybridized carbons (Fsp3) is 0.538. The largest absolute Gasteiger partial charge is 0.372 e. The lowest BCUT2D eigenvalue weighted by Gasteiger charge is -2.15. The van der Waals surface area contributed by atoms with Gasteiger partial charge in [-0.05, 0) is 30.5 Å². The van der Waals surface area contributed by atoms with E-state index in [2.05, 4.69) is 19.2 Å². The molecule has 88 valence electrons. The Kier molecular flexibility index (Phi) is 3.85. The molecule has 1 aromatic carbocycles. The van der Waals surface area contributed by atoms with E-state index in [1.165, 1.54) is 5.56 Å². The third-order valence-corrected chi connectivity index (χ3v) is 3.53. The predicted octanol–water partition coefficient (Wildman–Crippen LogP) is 3.03. The maximum absolute atomic E-state index is 5.91. The fourth-order valence-corrected chi connectivity index (χ4v) is 1.98. The summed E-state index contributed by atoms with van der Waals surface area (Å²) in [4.78, 5) is 0. The second kappa shape index (κ2) is 5.17. The first-order valence-corrected chi connectivity index (χ1v) is 6.15. The van der Waals surface area contributed by atoms with Gasteiger partial charge in [0, 0.05) is 17.6 Å². The Bertz CT molecular complexity index is 326. The van der Waals surface area contributed by atoms with Crippen LogP contribution in [0.3, 0.4) is 0 Å². The summed E-state index contributed by atoms with van der Waals surface area (Å²) in [7, 11) is 0. The van der Waals surface area contributed by atoms with Crippen LogP contribution in [0.15, 0.2) is 24.3 Å². The van der Waals surface area contributed by atoms with Crippen LogP contribution in [0.25, 0.3) is 0 Å². The maximum Gasteiger partial charge on any atom is 0.0949 e. The Hall–Kier alpha value is -0.570. The molecule has 0 aliphatic carbocycles. The van der Waals surface area contributed by atoms with Crippen molar-refractivity contribution >= 4 is 11.6 Å². The Morgan fingerprint density at radius 1 is 1.25 bits per heavy atom. The molecular formula is C13H18ClNO. The van der Waals surface area contributed by atoms with E-state index in [9.17, 15) is 0 Å². The van der Waals surface area contributed by atoms with Crippen molar-refractivity contribution in [2.75, 3.05) is 13.2 Å². The standard InChI is InChI=1S/C13H18ClNO/c1-9-8-16-13(7-15-10(9)2)11-3-5-12(14)6-4-11/h3-6,9-10,13,15H,7-8H2,1-2H3. The van der Waals surface area contributed by atoms with Crippen molar-refractivity contribution in [3.05, 3.63) is 34.9 Å². The minimum Gasteiger partial charge on any atom is -0.372 e. The van der Waals surface area contributed by atoms with Gasteiger partial charge in [-0.25, -0.2) is 0 Å². The van der Waals surface area contributed by atoms with Crippen LogP contribution in [0.4, 0.5) is 0 Å². The van der Waals surface area contributed by atoms with Crippen LogP contribution in [0.5, 0.6) is 0 Å². The Balaban J connectivity index is 2.07. The first-order chi connectivity index (χ1) is 7.66. The third-order valence-electron chi connectivity index (χ3n) is 3.28. The summed E-state index contributed by atoms with van der Waals surface area (Å²) in [5.41, 5.74) is 1.19. The molecule has 1 aromatic rings. The first kappa shape index (κ1) is 11.9. The van der Waals surface area contributed by atoms with E-state index in [0.717, 1.165) is 18.2 Å². The Morgan fingerprint density at radius 3 is 2.62 bits per heavy atom. The van der Waals surface area contributed by atoms with E-state index in [1.54, 1.807) is 0 Å². The van der Waals surface area contributed by atoms with Gasteiger partial charge in [-0.1, -0.05) is 30.7 Å². The summed E-state index contributed by atoms with van der Waals surface area (Å²) in [6.45, 7) is 6.09. The van der Waals surface area contributed by atoms with Crippen molar-refractivity contribution in [2.45, 2.75) is 26.0 Å². The predicted molar refractivity (Wildman–Crippen MR) is 66.8 cm³/mol. The van der Waals surface area contributed by atoms with Crippen molar-refractivity contribution in [1.29, 1.82) is 0 Å². The minimum absolute atomic E-state index is 0.143. The van der Waals surface area contributed by atoms with E-state index in [-0.39, 0.29) is 6.10 Å². The monoisotopic (exact) mass is 239 g/mol. The van der Waals surface area contributed by atoms with Crippen LogP contribution in [-0.4, -0.2) is 19.2 Å². The average molecular weight is 240 g/mol. The molecule has 1 aliphatic rings. The highest BCUT2D eigenvalue weighted by Crippen LogP contribution is 2.23. The molecule has 16 heavy (non-hydrogen) atoms. The molecule has 1 heterocycles. The zero-order valence-electron chi connectivity index (χ0n) is 9.74. The van der Waals surface area contributed by atoms with Crippen LogP contribution < -0.4 is 5.32 Å². The van der Waals surface area contributed by atoms with Gasteiger partial charge in [0.25, 0.3) is 0 Å². The van der Waals surface area contributed by atoms with Crippen molar-refractivity contribution in [2.24, 2.45) is 5.92 Å². The Morgan fingerprint density at radius 2 is 1.94 bits per heavy atom. The highest BCUT2D eigenvalue weighted by molar-refractivity contribution is 6.30. The van der Waals surface area contributed by atoms with Crippen LogP contribution in [-0.2, 0) is 4.74 Å². The average Bonchev–Trinajstić information content (AvgIpc) is 2.44. The fourth-order valence-electron chi connectivity index (χ4n) is 1.86. The summed E-state index contributed by atoms with van der Waals surface area (Å²) >= 11 is 5.87.